The summed E-state index contributed by atoms with van der Waals surface area (Å²) in [6.07, 6.45) is 1.81. The Morgan fingerprint density at radius 1 is 1.31 bits per heavy atom. The summed E-state index contributed by atoms with van der Waals surface area (Å²) < 4.78 is 9.74. The Hall–Kier alpha value is -1.61. The van der Waals surface area contributed by atoms with Crippen molar-refractivity contribution in [1.82, 2.24) is 0 Å². The minimum Gasteiger partial charge on any atom is -0.466 e. The van der Waals surface area contributed by atoms with Crippen molar-refractivity contribution < 1.29 is 14.3 Å². The van der Waals surface area contributed by atoms with Crippen LogP contribution in [0.5, 0.6) is 0 Å². The lowest BCUT2D eigenvalue weighted by Gasteiger charge is -2.05. The van der Waals surface area contributed by atoms with E-state index in [0.717, 1.165) is 11.1 Å². The second kappa shape index (κ2) is 6.08. The van der Waals surface area contributed by atoms with E-state index in [2.05, 4.69) is 4.74 Å². The topological polar surface area (TPSA) is 35.5 Å². The molecule has 16 heavy (non-hydrogen) atoms. The summed E-state index contributed by atoms with van der Waals surface area (Å²) in [5.41, 5.74) is 2.60. The minimum atomic E-state index is -0.313. The largest absolute Gasteiger partial charge is 0.466 e. The second-order valence-corrected chi connectivity index (χ2v) is 3.45. The molecule has 0 fully saturated rings. The molecule has 0 unspecified atom stereocenters. The molecule has 1 rings (SSSR count). The number of carbonyl (C=O) groups is 1. The Morgan fingerprint density at radius 3 is 2.62 bits per heavy atom. The summed E-state index contributed by atoms with van der Waals surface area (Å²) in [6, 6.07) is 7.79. The number of carbonyl (C=O) groups excluding carboxylic acids is 1. The molecule has 0 atom stereocenters. The monoisotopic (exact) mass is 220 g/mol. The first-order valence-corrected chi connectivity index (χ1v) is 5.02. The van der Waals surface area contributed by atoms with Crippen LogP contribution in [-0.4, -0.2) is 20.2 Å². The molecule has 0 aliphatic heterocycles. The van der Waals surface area contributed by atoms with Crippen molar-refractivity contribution in [2.24, 2.45) is 0 Å². The Labute approximate surface area is 95.7 Å². The van der Waals surface area contributed by atoms with Crippen molar-refractivity contribution in [3.05, 3.63) is 41.0 Å². The van der Waals surface area contributed by atoms with E-state index in [0.29, 0.717) is 12.2 Å². The lowest BCUT2D eigenvalue weighted by atomic mass is 10.1. The third-order valence-corrected chi connectivity index (χ3v) is 2.23. The Bertz CT molecular complexity index is 394. The molecule has 0 spiro atoms. The summed E-state index contributed by atoms with van der Waals surface area (Å²) in [7, 11) is 3.02. The van der Waals surface area contributed by atoms with E-state index in [-0.39, 0.29) is 5.97 Å². The number of benzene rings is 1. The fraction of sp³-hybridized carbons (Fsp3) is 0.308. The van der Waals surface area contributed by atoms with Gasteiger partial charge < -0.3 is 9.47 Å². The van der Waals surface area contributed by atoms with Gasteiger partial charge in [0.1, 0.15) is 0 Å². The van der Waals surface area contributed by atoms with Gasteiger partial charge in [-0.2, -0.15) is 0 Å². The predicted molar refractivity (Wildman–Crippen MR) is 62.8 cm³/mol. The maximum absolute atomic E-state index is 11.3. The van der Waals surface area contributed by atoms with Gasteiger partial charge in [-0.05, 0) is 24.1 Å². The van der Waals surface area contributed by atoms with Gasteiger partial charge in [0, 0.05) is 12.7 Å². The molecule has 0 bridgehead atoms. The van der Waals surface area contributed by atoms with E-state index in [1.807, 2.05) is 24.3 Å². The Kier molecular flexibility index (Phi) is 4.73. The zero-order valence-corrected chi connectivity index (χ0v) is 9.82. The van der Waals surface area contributed by atoms with Gasteiger partial charge in [-0.25, -0.2) is 4.79 Å². The molecule has 0 N–H and O–H groups in total. The zero-order valence-electron chi connectivity index (χ0n) is 9.82. The molecule has 3 heteroatoms. The van der Waals surface area contributed by atoms with Gasteiger partial charge >= 0.3 is 5.97 Å². The summed E-state index contributed by atoms with van der Waals surface area (Å²) >= 11 is 0. The molecule has 86 valence electrons. The molecule has 1 aromatic carbocycles. The molecule has 0 amide bonds. The summed E-state index contributed by atoms with van der Waals surface area (Å²) in [5.74, 6) is -0.313. The maximum Gasteiger partial charge on any atom is 0.333 e. The summed E-state index contributed by atoms with van der Waals surface area (Å²) in [5, 5.41) is 0. The van der Waals surface area contributed by atoms with Crippen LogP contribution in [0.15, 0.2) is 29.8 Å². The van der Waals surface area contributed by atoms with E-state index in [9.17, 15) is 4.79 Å². The first kappa shape index (κ1) is 12.5. The second-order valence-electron chi connectivity index (χ2n) is 3.45. The Morgan fingerprint density at radius 2 is 2.00 bits per heavy atom. The quantitative estimate of drug-likeness (QED) is 0.577. The summed E-state index contributed by atoms with van der Waals surface area (Å²) in [4.78, 5) is 11.3. The molecule has 0 heterocycles. The van der Waals surface area contributed by atoms with Gasteiger partial charge in [-0.15, -0.1) is 0 Å². The average molecular weight is 220 g/mol. The molecule has 0 aliphatic rings. The lowest BCUT2D eigenvalue weighted by Crippen LogP contribution is -2.01. The molecule has 0 radical (unpaired) electrons. The van der Waals surface area contributed by atoms with Crippen molar-refractivity contribution in [3.8, 4) is 0 Å². The molecular weight excluding hydrogens is 204 g/mol. The standard InChI is InChI=1S/C13H16O3/c1-10(13(14)16-3)8-11-6-4-5-7-12(11)9-15-2/h4-8H,9H2,1-3H3. The first-order valence-electron chi connectivity index (χ1n) is 5.02. The number of ether oxygens (including phenoxy) is 2. The molecule has 1 aromatic rings. The normalized spacial score (nSPS) is 11.3. The van der Waals surface area contributed by atoms with E-state index < -0.39 is 0 Å². The van der Waals surface area contributed by atoms with Crippen LogP contribution in [0.3, 0.4) is 0 Å². The van der Waals surface area contributed by atoms with Crippen LogP contribution in [0.1, 0.15) is 18.1 Å². The van der Waals surface area contributed by atoms with Gasteiger partial charge in [-0.3, -0.25) is 0 Å². The third-order valence-electron chi connectivity index (χ3n) is 2.23. The van der Waals surface area contributed by atoms with E-state index >= 15 is 0 Å². The van der Waals surface area contributed by atoms with Gasteiger partial charge in [0.15, 0.2) is 0 Å². The third kappa shape index (κ3) is 3.21. The SMILES string of the molecule is COCc1ccccc1C=C(C)C(=O)OC. The van der Waals surface area contributed by atoms with Crippen molar-refractivity contribution >= 4 is 12.0 Å². The van der Waals surface area contributed by atoms with Crippen LogP contribution in [-0.2, 0) is 20.9 Å². The molecule has 0 aliphatic carbocycles. The van der Waals surface area contributed by atoms with Crippen molar-refractivity contribution in [2.75, 3.05) is 14.2 Å². The molecular formula is C13H16O3. The highest BCUT2D eigenvalue weighted by atomic mass is 16.5. The fourth-order valence-electron chi connectivity index (χ4n) is 1.42. The van der Waals surface area contributed by atoms with Crippen LogP contribution in [0.2, 0.25) is 0 Å². The van der Waals surface area contributed by atoms with Crippen molar-refractivity contribution in [2.45, 2.75) is 13.5 Å². The maximum atomic E-state index is 11.3. The van der Waals surface area contributed by atoms with Crippen LogP contribution in [0.4, 0.5) is 0 Å². The van der Waals surface area contributed by atoms with E-state index in [1.165, 1.54) is 7.11 Å². The van der Waals surface area contributed by atoms with Gasteiger partial charge in [0.2, 0.25) is 0 Å². The van der Waals surface area contributed by atoms with Crippen LogP contribution < -0.4 is 0 Å². The van der Waals surface area contributed by atoms with Gasteiger partial charge in [0.25, 0.3) is 0 Å². The van der Waals surface area contributed by atoms with Crippen LogP contribution in [0, 0.1) is 0 Å². The predicted octanol–water partition coefficient (Wildman–Crippen LogP) is 2.41. The number of methoxy groups -OCH3 is 2. The highest BCUT2D eigenvalue weighted by Gasteiger charge is 2.05. The molecule has 0 aromatic heterocycles. The first-order chi connectivity index (χ1) is 7.69. The number of hydrogen-bond acceptors (Lipinski definition) is 3. The molecule has 3 nitrogen and oxygen atoms in total. The number of rotatable bonds is 4. The van der Waals surface area contributed by atoms with Crippen molar-refractivity contribution in [1.29, 1.82) is 0 Å². The lowest BCUT2D eigenvalue weighted by molar-refractivity contribution is -0.135. The fourth-order valence-corrected chi connectivity index (χ4v) is 1.42. The highest BCUT2D eigenvalue weighted by molar-refractivity contribution is 5.93. The average Bonchev–Trinajstić information content (AvgIpc) is 2.31. The zero-order chi connectivity index (χ0) is 12.0. The smallest absolute Gasteiger partial charge is 0.333 e. The molecule has 0 saturated heterocycles. The Balaban J connectivity index is 2.99. The van der Waals surface area contributed by atoms with E-state index in [4.69, 9.17) is 4.74 Å². The minimum absolute atomic E-state index is 0.313. The number of esters is 1. The summed E-state index contributed by atoms with van der Waals surface area (Å²) in [6.45, 7) is 2.26. The van der Waals surface area contributed by atoms with Crippen LogP contribution >= 0.6 is 0 Å². The van der Waals surface area contributed by atoms with E-state index in [1.54, 1.807) is 20.1 Å². The van der Waals surface area contributed by atoms with Crippen LogP contribution in [0.25, 0.3) is 6.08 Å². The van der Waals surface area contributed by atoms with Gasteiger partial charge in [-0.1, -0.05) is 24.3 Å². The van der Waals surface area contributed by atoms with Gasteiger partial charge in [0.05, 0.1) is 13.7 Å². The van der Waals surface area contributed by atoms with Crippen molar-refractivity contribution in [3.63, 3.8) is 0 Å². The number of hydrogen-bond donors (Lipinski definition) is 0. The highest BCUT2D eigenvalue weighted by Crippen LogP contribution is 2.14. The molecule has 0 saturated carbocycles.